The Labute approximate surface area is 198 Å². The third-order valence-electron chi connectivity index (χ3n) is 6.52. The Morgan fingerprint density at radius 1 is 0.750 bits per heavy atom. The maximum Gasteiger partial charge on any atom is 0.322 e. The summed E-state index contributed by atoms with van der Waals surface area (Å²) in [4.78, 5) is 25.0. The second-order valence-corrected chi connectivity index (χ2v) is 13.6. The minimum atomic E-state index is -4.13. The van der Waals surface area contributed by atoms with Gasteiger partial charge >= 0.3 is 11.9 Å². The van der Waals surface area contributed by atoms with E-state index in [2.05, 4.69) is 0 Å². The Morgan fingerprint density at radius 2 is 1.12 bits per heavy atom. The van der Waals surface area contributed by atoms with Crippen molar-refractivity contribution in [3.63, 3.8) is 0 Å². The highest BCUT2D eigenvalue weighted by Crippen LogP contribution is 2.74. The van der Waals surface area contributed by atoms with E-state index in [-0.39, 0.29) is 0 Å². The number of esters is 2. The van der Waals surface area contributed by atoms with Crippen LogP contribution < -0.4 is 0 Å². The first-order chi connectivity index (χ1) is 13.8. The van der Waals surface area contributed by atoms with E-state index in [1.54, 1.807) is 13.8 Å². The van der Waals surface area contributed by atoms with Gasteiger partial charge in [0.05, 0.1) is 5.41 Å². The van der Waals surface area contributed by atoms with Crippen LogP contribution in [-0.4, -0.2) is 65.4 Å². The van der Waals surface area contributed by atoms with Gasteiger partial charge in [-0.25, -0.2) is 22.0 Å². The smallest absolute Gasteiger partial charge is 0.322 e. The lowest BCUT2D eigenvalue weighted by atomic mass is 9.60. The third kappa shape index (κ3) is 3.99. The van der Waals surface area contributed by atoms with Gasteiger partial charge in [0.1, 0.15) is 26.6 Å². The van der Waals surface area contributed by atoms with Gasteiger partial charge in [0.25, 0.3) is 0 Å². The zero-order valence-electron chi connectivity index (χ0n) is 18.4. The van der Waals surface area contributed by atoms with E-state index in [1.807, 2.05) is 20.8 Å². The summed E-state index contributed by atoms with van der Waals surface area (Å²) >= 11 is 0. The van der Waals surface area contributed by atoms with Crippen molar-refractivity contribution in [2.75, 3.05) is 13.2 Å². The number of rotatable bonds is 5. The highest BCUT2D eigenvalue weighted by atomic mass is 31.0. The molecule has 184 valence electrons. The summed E-state index contributed by atoms with van der Waals surface area (Å²) < 4.78 is 86.4. The molecule has 0 amide bonds. The molecule has 4 nitrogen and oxygen atoms in total. The largest absolute Gasteiger partial charge is 0.462 e. The normalized spacial score (nSPS) is 43.0. The molecule has 11 unspecified atom stereocenters. The van der Waals surface area contributed by atoms with Crippen LogP contribution in [-0.2, 0) is 19.1 Å². The van der Waals surface area contributed by atoms with Crippen molar-refractivity contribution in [3.8, 4) is 0 Å². The molecule has 2 radical (unpaired) electrons. The van der Waals surface area contributed by atoms with Gasteiger partial charge in [-0.1, -0.05) is 57.7 Å². The minimum Gasteiger partial charge on any atom is -0.462 e. The van der Waals surface area contributed by atoms with Crippen LogP contribution in [0, 0.1) is 10.8 Å². The van der Waals surface area contributed by atoms with Crippen molar-refractivity contribution in [1.82, 2.24) is 0 Å². The van der Waals surface area contributed by atoms with Gasteiger partial charge in [0.2, 0.25) is 10.8 Å². The number of hydrogen-bond acceptors (Lipinski definition) is 4. The number of ether oxygens (including phenoxy) is 2. The first-order valence-corrected chi connectivity index (χ1v) is 12.2. The fourth-order valence-electron chi connectivity index (χ4n) is 2.80. The lowest BCUT2D eigenvalue weighted by Crippen LogP contribution is -2.84. The fraction of sp³-hybridized carbons (Fsp3) is 0.882. The first-order valence-electron chi connectivity index (χ1n) is 9.32. The molecule has 0 aliphatic heterocycles. The second-order valence-electron chi connectivity index (χ2n) is 9.51. The van der Waals surface area contributed by atoms with Crippen LogP contribution >= 0.6 is 46.2 Å². The summed E-state index contributed by atoms with van der Waals surface area (Å²) in [5, 5.41) is -19.1. The Bertz CT molecular complexity index is 754. The molecule has 0 aromatic carbocycles. The molecule has 0 heterocycles. The molecule has 1 aliphatic carbocycles. The van der Waals surface area contributed by atoms with Crippen LogP contribution in [0.25, 0.3) is 0 Å². The first kappa shape index (κ1) is 30.8. The third-order valence-corrected chi connectivity index (χ3v) is 12.3. The Balaban J connectivity index is 3.15. The number of alkyl halides is 5. The van der Waals surface area contributed by atoms with Gasteiger partial charge in [0, 0.05) is 0 Å². The number of halogens is 5. The van der Waals surface area contributed by atoms with Crippen LogP contribution in [0.2, 0.25) is 0 Å². The van der Waals surface area contributed by atoms with Gasteiger partial charge in [-0.2, -0.15) is 0 Å². The summed E-state index contributed by atoms with van der Waals surface area (Å²) in [5.41, 5.74) is -5.53. The predicted molar refractivity (Wildman–Crippen MR) is 131 cm³/mol. The van der Waals surface area contributed by atoms with Crippen LogP contribution in [0.1, 0.15) is 34.6 Å². The molecule has 0 aromatic rings. The molecule has 0 aromatic heterocycles. The van der Waals surface area contributed by atoms with Crippen molar-refractivity contribution in [1.29, 1.82) is 0 Å². The number of carbonyl (C=O) groups excluding carboxylic acids is 2. The van der Waals surface area contributed by atoms with E-state index >= 15 is 22.0 Å². The van der Waals surface area contributed by atoms with Gasteiger partial charge in [-0.3, -0.25) is 9.59 Å². The maximum atomic E-state index is 15.6. The molecule has 1 saturated carbocycles. The molecule has 32 heavy (non-hydrogen) atoms. The summed E-state index contributed by atoms with van der Waals surface area (Å²) in [6.45, 7) is 7.51. The van der Waals surface area contributed by atoms with Crippen molar-refractivity contribution in [2.45, 2.75) is 67.0 Å². The van der Waals surface area contributed by atoms with Gasteiger partial charge < -0.3 is 9.47 Å². The van der Waals surface area contributed by atoms with Crippen molar-refractivity contribution < 1.29 is 41.0 Å². The van der Waals surface area contributed by atoms with E-state index in [9.17, 15) is 9.59 Å². The van der Waals surface area contributed by atoms with Crippen molar-refractivity contribution in [3.05, 3.63) is 0 Å². The summed E-state index contributed by atoms with van der Waals surface area (Å²) in [6.07, 6.45) is 0. The highest BCUT2D eigenvalue weighted by molar-refractivity contribution is 7.32. The Morgan fingerprint density at radius 3 is 1.53 bits per heavy atom. The zero-order valence-corrected chi connectivity index (χ0v) is 24.2. The standard InChI is InChI=1S/C17H29BF5O4P5/c1-10(2,3)11(4,5)8(24)26-6-7-27-9(25)12(28)13(18,19)15(21,30)17(23,32)16(22,31)14(12,20)29/h6-7,28-32H2,1-5H3. The maximum absolute atomic E-state index is 15.6. The Kier molecular flexibility index (Phi) is 8.41. The molecule has 1 fully saturated rings. The average Bonchev–Trinajstić information content (AvgIpc) is 2.61. The summed E-state index contributed by atoms with van der Waals surface area (Å²) in [6, 6.07) is 0. The van der Waals surface area contributed by atoms with Gasteiger partial charge in [-0.15, -0.1) is 9.24 Å². The van der Waals surface area contributed by atoms with E-state index in [0.717, 1.165) is 27.7 Å². The molecule has 0 saturated heterocycles. The van der Waals surface area contributed by atoms with E-state index in [1.165, 1.54) is 18.5 Å². The van der Waals surface area contributed by atoms with E-state index in [4.69, 9.17) is 17.3 Å². The molecule has 1 rings (SSSR count). The highest BCUT2D eigenvalue weighted by Gasteiger charge is 2.88. The molecule has 15 heteroatoms. The second kappa shape index (κ2) is 8.73. The van der Waals surface area contributed by atoms with E-state index < -0.39 is 68.3 Å². The van der Waals surface area contributed by atoms with Crippen molar-refractivity contribution in [2.24, 2.45) is 10.8 Å². The quantitative estimate of drug-likeness (QED) is 0.170. The molecule has 1 aliphatic rings. The molecular weight excluding hydrogens is 529 g/mol. The SMILES string of the molecule is [B]C1(F)C(F)(P)C(F)(P)C(F)(P)C(F)(P)C1(P)C(=O)OCCOC(=O)C(C)(C)C(C)(C)C. The molecule has 0 spiro atoms. The lowest BCUT2D eigenvalue weighted by Gasteiger charge is -2.63. The van der Waals surface area contributed by atoms with E-state index in [0.29, 0.717) is 0 Å². The number of carbonyl (C=O) groups is 2. The molecular formula is C17H29BF5O4P5. The van der Waals surface area contributed by atoms with Crippen LogP contribution in [0.3, 0.4) is 0 Å². The zero-order chi connectivity index (χ0) is 26.0. The van der Waals surface area contributed by atoms with Crippen LogP contribution in [0.15, 0.2) is 0 Å². The summed E-state index contributed by atoms with van der Waals surface area (Å²) in [5.74, 6) is -2.46. The predicted octanol–water partition coefficient (Wildman–Crippen LogP) is 3.77. The topological polar surface area (TPSA) is 52.6 Å². The average molecular weight is 558 g/mol. The number of hydrogen-bond donors (Lipinski definition) is 0. The van der Waals surface area contributed by atoms with Crippen LogP contribution in [0.5, 0.6) is 0 Å². The summed E-state index contributed by atoms with van der Waals surface area (Å²) in [7, 11) is 11.1. The minimum absolute atomic E-state index is 0.475. The monoisotopic (exact) mass is 558 g/mol. The van der Waals surface area contributed by atoms with Crippen molar-refractivity contribution >= 4 is 66.0 Å². The fourth-order valence-corrected chi connectivity index (χ4v) is 5.80. The molecule has 0 bridgehead atoms. The van der Waals surface area contributed by atoms with Gasteiger partial charge in [-0.05, 0) is 19.3 Å². The molecule has 0 N–H and O–H groups in total. The van der Waals surface area contributed by atoms with Gasteiger partial charge in [0.15, 0.2) is 16.0 Å². The lowest BCUT2D eigenvalue weighted by molar-refractivity contribution is -0.185. The molecule has 11 atom stereocenters. The Hall–Kier alpha value is 0.805. The van der Waals surface area contributed by atoms with Crippen LogP contribution in [0.4, 0.5) is 22.0 Å².